The minimum absolute atomic E-state index is 0.403. The van der Waals surface area contributed by atoms with Crippen molar-refractivity contribution < 1.29 is 9.59 Å². The van der Waals surface area contributed by atoms with Crippen LogP contribution in [0.2, 0.25) is 0 Å². The summed E-state index contributed by atoms with van der Waals surface area (Å²) in [4.78, 5) is 27.0. The van der Waals surface area contributed by atoms with Crippen LogP contribution in [0.15, 0.2) is 4.47 Å². The van der Waals surface area contributed by atoms with Gasteiger partial charge in [-0.2, -0.15) is 5.10 Å². The van der Waals surface area contributed by atoms with E-state index in [2.05, 4.69) is 21.0 Å². The van der Waals surface area contributed by atoms with Crippen molar-refractivity contribution in [3.8, 4) is 0 Å². The standard InChI is InChI=1S/C12H17BrN4O2/c1-4-16-5-6-17(12(19)11(16)18)7-9-10(13)8(2)14-15(9)3/h4-7H2,1-3H3. The Bertz CT molecular complexity index is 526. The molecule has 0 aliphatic carbocycles. The van der Waals surface area contributed by atoms with Gasteiger partial charge in [0, 0.05) is 26.7 Å². The Morgan fingerprint density at radius 3 is 2.32 bits per heavy atom. The number of nitrogens with zero attached hydrogens (tertiary/aromatic N) is 4. The third-order valence-corrected chi connectivity index (χ3v) is 4.41. The van der Waals surface area contributed by atoms with Gasteiger partial charge in [0.1, 0.15) is 0 Å². The molecule has 6 nitrogen and oxygen atoms in total. The molecule has 0 unspecified atom stereocenters. The Hall–Kier alpha value is -1.37. The number of hydrogen-bond acceptors (Lipinski definition) is 3. The normalized spacial score (nSPS) is 16.4. The van der Waals surface area contributed by atoms with Gasteiger partial charge in [-0.05, 0) is 29.8 Å². The molecular weight excluding hydrogens is 312 g/mol. The summed E-state index contributed by atoms with van der Waals surface area (Å²) < 4.78 is 2.64. The number of aryl methyl sites for hydroxylation is 2. The summed E-state index contributed by atoms with van der Waals surface area (Å²) in [7, 11) is 1.84. The van der Waals surface area contributed by atoms with Gasteiger partial charge in [0.25, 0.3) is 0 Å². The zero-order chi connectivity index (χ0) is 14.2. The molecule has 1 aliphatic rings. The summed E-state index contributed by atoms with van der Waals surface area (Å²) >= 11 is 3.47. The summed E-state index contributed by atoms with van der Waals surface area (Å²) in [6.07, 6.45) is 0. The van der Waals surface area contributed by atoms with Gasteiger partial charge in [0.2, 0.25) is 0 Å². The summed E-state index contributed by atoms with van der Waals surface area (Å²) in [5.41, 5.74) is 1.78. The first kappa shape index (κ1) is 14.0. The highest BCUT2D eigenvalue weighted by Crippen LogP contribution is 2.22. The number of amides is 2. The highest BCUT2D eigenvalue weighted by molar-refractivity contribution is 9.10. The predicted molar refractivity (Wildman–Crippen MR) is 73.3 cm³/mol. The Balaban J connectivity index is 2.16. The molecule has 0 atom stereocenters. The fourth-order valence-electron chi connectivity index (χ4n) is 2.20. The molecule has 0 spiro atoms. The van der Waals surface area contributed by atoms with Gasteiger partial charge in [-0.25, -0.2) is 0 Å². The van der Waals surface area contributed by atoms with Crippen LogP contribution in [0.3, 0.4) is 0 Å². The Morgan fingerprint density at radius 2 is 1.79 bits per heavy atom. The first-order valence-electron chi connectivity index (χ1n) is 6.21. The van der Waals surface area contributed by atoms with Crippen molar-refractivity contribution in [2.45, 2.75) is 20.4 Å². The van der Waals surface area contributed by atoms with E-state index >= 15 is 0 Å². The van der Waals surface area contributed by atoms with Crippen molar-refractivity contribution in [3.63, 3.8) is 0 Å². The average Bonchev–Trinajstić information content (AvgIpc) is 2.61. The number of aromatic nitrogens is 2. The second kappa shape index (κ2) is 5.32. The lowest BCUT2D eigenvalue weighted by atomic mass is 10.2. The highest BCUT2D eigenvalue weighted by atomic mass is 79.9. The molecule has 0 bridgehead atoms. The number of rotatable bonds is 3. The van der Waals surface area contributed by atoms with Crippen LogP contribution in [0.1, 0.15) is 18.3 Å². The van der Waals surface area contributed by atoms with Crippen LogP contribution in [0.5, 0.6) is 0 Å². The summed E-state index contributed by atoms with van der Waals surface area (Å²) in [5.74, 6) is -0.845. The zero-order valence-electron chi connectivity index (χ0n) is 11.3. The fraction of sp³-hybridized carbons (Fsp3) is 0.583. The van der Waals surface area contributed by atoms with Crippen molar-refractivity contribution in [2.24, 2.45) is 7.05 Å². The number of carbonyl (C=O) groups is 2. The molecule has 2 heterocycles. The lowest BCUT2D eigenvalue weighted by Gasteiger charge is -2.33. The lowest BCUT2D eigenvalue weighted by Crippen LogP contribution is -2.53. The molecule has 0 saturated carbocycles. The maximum absolute atomic E-state index is 12.0. The molecule has 104 valence electrons. The quantitative estimate of drug-likeness (QED) is 0.767. The number of piperazine rings is 1. The van der Waals surface area contributed by atoms with Crippen molar-refractivity contribution in [3.05, 3.63) is 15.9 Å². The third kappa shape index (κ3) is 2.51. The van der Waals surface area contributed by atoms with E-state index in [1.165, 1.54) is 0 Å². The second-order valence-corrected chi connectivity index (χ2v) is 5.37. The number of likely N-dealkylation sites (N-methyl/N-ethyl adjacent to an activating group) is 1. The second-order valence-electron chi connectivity index (χ2n) is 4.58. The van der Waals surface area contributed by atoms with Crippen LogP contribution < -0.4 is 0 Å². The smallest absolute Gasteiger partial charge is 0.312 e. The molecule has 1 aliphatic heterocycles. The van der Waals surface area contributed by atoms with Crippen LogP contribution in [0.25, 0.3) is 0 Å². The highest BCUT2D eigenvalue weighted by Gasteiger charge is 2.32. The van der Waals surface area contributed by atoms with Crippen molar-refractivity contribution in [2.75, 3.05) is 19.6 Å². The molecule has 1 aromatic rings. The van der Waals surface area contributed by atoms with Gasteiger partial charge in [-0.3, -0.25) is 14.3 Å². The first-order valence-corrected chi connectivity index (χ1v) is 7.01. The largest absolute Gasteiger partial charge is 0.333 e. The predicted octanol–water partition coefficient (Wildman–Crippen LogP) is 0.682. The summed E-state index contributed by atoms with van der Waals surface area (Å²) in [6, 6.07) is 0. The van der Waals surface area contributed by atoms with Gasteiger partial charge in [-0.15, -0.1) is 0 Å². The van der Waals surface area contributed by atoms with Gasteiger partial charge in [0.05, 0.1) is 22.4 Å². The van der Waals surface area contributed by atoms with Crippen LogP contribution in [-0.2, 0) is 23.2 Å². The van der Waals surface area contributed by atoms with E-state index in [4.69, 9.17) is 0 Å². The minimum atomic E-state index is -0.432. The molecule has 0 radical (unpaired) electrons. The molecule has 2 rings (SSSR count). The van der Waals surface area contributed by atoms with Crippen LogP contribution in [0.4, 0.5) is 0 Å². The minimum Gasteiger partial charge on any atom is -0.333 e. The van der Waals surface area contributed by atoms with Crippen molar-refractivity contribution in [1.82, 2.24) is 19.6 Å². The molecule has 2 amide bonds. The fourth-order valence-corrected chi connectivity index (χ4v) is 2.66. The van der Waals surface area contributed by atoms with Gasteiger partial charge in [0.15, 0.2) is 0 Å². The van der Waals surface area contributed by atoms with E-state index in [0.717, 1.165) is 15.9 Å². The van der Waals surface area contributed by atoms with E-state index in [0.29, 0.717) is 26.2 Å². The van der Waals surface area contributed by atoms with E-state index in [1.54, 1.807) is 14.5 Å². The SMILES string of the molecule is CCN1CCN(Cc2c(Br)c(C)nn2C)C(=O)C1=O. The monoisotopic (exact) mass is 328 g/mol. The third-order valence-electron chi connectivity index (χ3n) is 3.38. The Kier molecular flexibility index (Phi) is 3.93. The molecule has 19 heavy (non-hydrogen) atoms. The van der Waals surface area contributed by atoms with Gasteiger partial charge >= 0.3 is 11.8 Å². The summed E-state index contributed by atoms with van der Waals surface area (Å²) in [5, 5.41) is 4.29. The maximum atomic E-state index is 12.0. The van der Waals surface area contributed by atoms with Crippen molar-refractivity contribution in [1.29, 1.82) is 0 Å². The number of halogens is 1. The molecule has 1 saturated heterocycles. The van der Waals surface area contributed by atoms with Gasteiger partial charge < -0.3 is 9.80 Å². The molecule has 1 aromatic heterocycles. The van der Waals surface area contributed by atoms with E-state index in [1.807, 2.05) is 20.9 Å². The van der Waals surface area contributed by atoms with Crippen LogP contribution in [0, 0.1) is 6.92 Å². The molecule has 1 fully saturated rings. The molecule has 0 aromatic carbocycles. The number of carbonyl (C=O) groups excluding carboxylic acids is 2. The average molecular weight is 329 g/mol. The van der Waals surface area contributed by atoms with E-state index in [9.17, 15) is 9.59 Å². The van der Waals surface area contributed by atoms with Crippen LogP contribution >= 0.6 is 15.9 Å². The van der Waals surface area contributed by atoms with E-state index in [-0.39, 0.29) is 0 Å². The lowest BCUT2D eigenvalue weighted by molar-refractivity contribution is -0.156. The Labute approximate surface area is 120 Å². The molecular formula is C12H17BrN4O2. The molecule has 0 N–H and O–H groups in total. The van der Waals surface area contributed by atoms with Crippen molar-refractivity contribution >= 4 is 27.7 Å². The Morgan fingerprint density at radius 1 is 1.21 bits per heavy atom. The zero-order valence-corrected chi connectivity index (χ0v) is 12.9. The molecule has 7 heteroatoms. The van der Waals surface area contributed by atoms with Gasteiger partial charge in [-0.1, -0.05) is 0 Å². The maximum Gasteiger partial charge on any atom is 0.312 e. The summed E-state index contributed by atoms with van der Waals surface area (Å²) in [6.45, 7) is 5.91. The first-order chi connectivity index (χ1) is 8.95. The van der Waals surface area contributed by atoms with Crippen LogP contribution in [-0.4, -0.2) is 51.0 Å². The number of hydrogen-bond donors (Lipinski definition) is 0. The topological polar surface area (TPSA) is 58.4 Å². The van der Waals surface area contributed by atoms with E-state index < -0.39 is 11.8 Å².